The zero-order chi connectivity index (χ0) is 18.4. The van der Waals surface area contributed by atoms with Crippen molar-refractivity contribution in [3.63, 3.8) is 0 Å². The van der Waals surface area contributed by atoms with Crippen LogP contribution in [0.15, 0.2) is 24.3 Å². The smallest absolute Gasteiger partial charge is 0.417 e. The maximum absolute atomic E-state index is 12.8. The van der Waals surface area contributed by atoms with Crippen LogP contribution in [0.2, 0.25) is 0 Å². The number of carbonyl (C=O) groups is 2. The molecular weight excluding hydrogens is 323 g/mol. The molecule has 1 rings (SSSR count). The van der Waals surface area contributed by atoms with E-state index in [2.05, 4.69) is 5.32 Å². The van der Waals surface area contributed by atoms with Gasteiger partial charge in [-0.15, -0.1) is 0 Å². The third-order valence-corrected chi connectivity index (χ3v) is 2.80. The van der Waals surface area contributed by atoms with Crippen molar-refractivity contribution in [1.29, 1.82) is 0 Å². The zero-order valence-corrected chi connectivity index (χ0v) is 13.7. The van der Waals surface area contributed by atoms with Gasteiger partial charge in [-0.1, -0.05) is 24.3 Å². The van der Waals surface area contributed by atoms with E-state index in [9.17, 15) is 22.8 Å². The van der Waals surface area contributed by atoms with E-state index in [0.29, 0.717) is 18.5 Å². The normalized spacial score (nSPS) is 12.2. The third kappa shape index (κ3) is 6.85. The van der Waals surface area contributed by atoms with Crippen LogP contribution in [-0.2, 0) is 10.9 Å². The predicted octanol–water partition coefficient (Wildman–Crippen LogP) is 4.45. The summed E-state index contributed by atoms with van der Waals surface area (Å²) >= 11 is 0. The average molecular weight is 343 g/mol. The van der Waals surface area contributed by atoms with Gasteiger partial charge >= 0.3 is 12.3 Å². The van der Waals surface area contributed by atoms with Crippen LogP contribution in [0.25, 0.3) is 6.08 Å². The second-order valence-corrected chi connectivity index (χ2v) is 6.08. The molecule has 24 heavy (non-hydrogen) atoms. The average Bonchev–Trinajstić information content (AvgIpc) is 2.44. The molecule has 132 valence electrons. The zero-order valence-electron chi connectivity index (χ0n) is 13.7. The molecule has 0 aliphatic heterocycles. The molecule has 0 spiro atoms. The van der Waals surface area contributed by atoms with Gasteiger partial charge in [0.05, 0.1) is 5.56 Å². The van der Waals surface area contributed by atoms with Crippen LogP contribution in [0, 0.1) is 0 Å². The molecule has 0 atom stereocenters. The summed E-state index contributed by atoms with van der Waals surface area (Å²) in [6, 6.07) is 3.48. The molecule has 1 aromatic carbocycles. The van der Waals surface area contributed by atoms with Crippen LogP contribution in [0.5, 0.6) is 0 Å². The number of ether oxygens (including phenoxy) is 1. The molecule has 0 heterocycles. The van der Waals surface area contributed by atoms with Crippen LogP contribution >= 0.6 is 0 Å². The van der Waals surface area contributed by atoms with Crippen molar-refractivity contribution in [2.24, 2.45) is 0 Å². The lowest BCUT2D eigenvalue weighted by molar-refractivity contribution is -0.137. The first-order valence-corrected chi connectivity index (χ1v) is 7.33. The van der Waals surface area contributed by atoms with Crippen LogP contribution in [0.1, 0.15) is 48.7 Å². The minimum atomic E-state index is -4.58. The summed E-state index contributed by atoms with van der Waals surface area (Å²) in [6.07, 6.45) is -1.39. The highest BCUT2D eigenvalue weighted by Gasteiger charge is 2.33. The van der Waals surface area contributed by atoms with Gasteiger partial charge in [0, 0.05) is 12.1 Å². The number of alkyl halides is 3. The molecule has 0 radical (unpaired) electrons. The molecule has 1 amide bonds. The van der Waals surface area contributed by atoms with Crippen LogP contribution < -0.4 is 5.32 Å². The molecular formula is C17H20F3NO3. The highest BCUT2D eigenvalue weighted by atomic mass is 19.4. The second-order valence-electron chi connectivity index (χ2n) is 6.08. The fraction of sp³-hybridized carbons (Fsp3) is 0.412. The Morgan fingerprint density at radius 1 is 1.25 bits per heavy atom. The highest BCUT2D eigenvalue weighted by Crippen LogP contribution is 2.32. The number of amides is 1. The molecule has 0 aromatic heterocycles. The molecule has 0 saturated heterocycles. The van der Waals surface area contributed by atoms with E-state index in [4.69, 9.17) is 4.74 Å². The second kappa shape index (κ2) is 7.99. The van der Waals surface area contributed by atoms with Crippen molar-refractivity contribution in [1.82, 2.24) is 5.32 Å². The fourth-order valence-electron chi connectivity index (χ4n) is 1.82. The van der Waals surface area contributed by atoms with Gasteiger partial charge in [0.15, 0.2) is 6.29 Å². The number of aldehydes is 1. The van der Waals surface area contributed by atoms with Gasteiger partial charge in [0.1, 0.15) is 5.60 Å². The number of hydrogen-bond acceptors (Lipinski definition) is 3. The Hall–Kier alpha value is -2.31. The summed E-state index contributed by atoms with van der Waals surface area (Å²) in [5.74, 6) is 0. The van der Waals surface area contributed by atoms with Gasteiger partial charge in [0.25, 0.3) is 0 Å². The third-order valence-electron chi connectivity index (χ3n) is 2.80. The molecule has 0 bridgehead atoms. The first-order valence-electron chi connectivity index (χ1n) is 7.33. The molecule has 0 unspecified atom stereocenters. The summed E-state index contributed by atoms with van der Waals surface area (Å²) in [4.78, 5) is 22.1. The van der Waals surface area contributed by atoms with E-state index < -0.39 is 29.0 Å². The number of alkyl carbamates (subject to hydrolysis) is 1. The van der Waals surface area contributed by atoms with Gasteiger partial charge in [-0.3, -0.25) is 4.79 Å². The molecule has 1 N–H and O–H groups in total. The number of nitrogens with one attached hydrogen (secondary N) is 1. The molecule has 7 heteroatoms. The largest absolute Gasteiger partial charge is 0.444 e. The van der Waals surface area contributed by atoms with Crippen molar-refractivity contribution in [3.05, 3.63) is 41.0 Å². The topological polar surface area (TPSA) is 55.4 Å². The number of benzene rings is 1. The predicted molar refractivity (Wildman–Crippen MR) is 84.7 cm³/mol. The van der Waals surface area contributed by atoms with Crippen molar-refractivity contribution in [2.75, 3.05) is 6.54 Å². The van der Waals surface area contributed by atoms with Crippen molar-refractivity contribution < 1.29 is 27.5 Å². The highest BCUT2D eigenvalue weighted by molar-refractivity contribution is 5.78. The van der Waals surface area contributed by atoms with Gasteiger partial charge in [0.2, 0.25) is 0 Å². The molecule has 4 nitrogen and oxygen atoms in total. The lowest BCUT2D eigenvalue weighted by Gasteiger charge is -2.19. The summed E-state index contributed by atoms with van der Waals surface area (Å²) in [5.41, 5.74) is -1.63. The summed E-state index contributed by atoms with van der Waals surface area (Å²) in [7, 11) is 0. The van der Waals surface area contributed by atoms with Gasteiger partial charge in [-0.05, 0) is 38.8 Å². The monoisotopic (exact) mass is 343 g/mol. The van der Waals surface area contributed by atoms with Gasteiger partial charge < -0.3 is 10.1 Å². The number of halogens is 3. The maximum atomic E-state index is 12.8. The van der Waals surface area contributed by atoms with E-state index >= 15 is 0 Å². The Morgan fingerprint density at radius 2 is 1.92 bits per heavy atom. The van der Waals surface area contributed by atoms with E-state index in [1.807, 2.05) is 0 Å². The molecule has 0 saturated carbocycles. The standard InChI is InChI=1S/C17H20F3NO3/c1-16(2,3)24-15(23)21-9-5-4-6-12-7-8-13(11-22)14(10-12)17(18,19)20/h4,6-8,10-11H,5,9H2,1-3H3,(H,21,23). The fourth-order valence-corrected chi connectivity index (χ4v) is 1.82. The Kier molecular flexibility index (Phi) is 6.57. The minimum Gasteiger partial charge on any atom is -0.444 e. The minimum absolute atomic E-state index is 0.182. The van der Waals surface area contributed by atoms with E-state index in [1.54, 1.807) is 26.8 Å². The number of rotatable bonds is 5. The molecule has 0 aliphatic carbocycles. The van der Waals surface area contributed by atoms with E-state index in [-0.39, 0.29) is 6.29 Å². The summed E-state index contributed by atoms with van der Waals surface area (Å²) in [5, 5.41) is 2.54. The lowest BCUT2D eigenvalue weighted by Crippen LogP contribution is -2.32. The first kappa shape index (κ1) is 19.7. The quantitative estimate of drug-likeness (QED) is 0.635. The number of carbonyl (C=O) groups excluding carboxylic acids is 2. The Labute approximate surface area is 138 Å². The van der Waals surface area contributed by atoms with E-state index in [0.717, 1.165) is 12.1 Å². The van der Waals surface area contributed by atoms with Crippen molar-refractivity contribution >= 4 is 18.5 Å². The molecule has 0 aliphatic rings. The van der Waals surface area contributed by atoms with Crippen molar-refractivity contribution in [2.45, 2.75) is 39.0 Å². The first-order chi connectivity index (χ1) is 11.0. The summed E-state index contributed by atoms with van der Waals surface area (Å²) in [6.45, 7) is 5.53. The van der Waals surface area contributed by atoms with Crippen LogP contribution in [0.3, 0.4) is 0 Å². The Bertz CT molecular complexity index is 616. The summed E-state index contributed by atoms with van der Waals surface area (Å²) < 4.78 is 43.6. The van der Waals surface area contributed by atoms with Crippen molar-refractivity contribution in [3.8, 4) is 0 Å². The molecule has 1 aromatic rings. The van der Waals surface area contributed by atoms with Crippen LogP contribution in [-0.4, -0.2) is 24.5 Å². The van der Waals surface area contributed by atoms with Gasteiger partial charge in [-0.25, -0.2) is 4.79 Å². The Morgan fingerprint density at radius 3 is 2.46 bits per heavy atom. The SMILES string of the molecule is CC(C)(C)OC(=O)NCCC=Cc1ccc(C=O)c(C(F)(F)F)c1. The number of hydrogen-bond donors (Lipinski definition) is 1. The van der Waals surface area contributed by atoms with Crippen LogP contribution in [0.4, 0.5) is 18.0 Å². The molecule has 0 fully saturated rings. The lowest BCUT2D eigenvalue weighted by atomic mass is 10.0. The van der Waals surface area contributed by atoms with Gasteiger partial charge in [-0.2, -0.15) is 13.2 Å². The maximum Gasteiger partial charge on any atom is 0.417 e. The Balaban J connectivity index is 2.60. The van der Waals surface area contributed by atoms with E-state index in [1.165, 1.54) is 12.1 Å².